The minimum atomic E-state index is -0.713. The lowest BCUT2D eigenvalue weighted by Gasteiger charge is -2.32. The SMILES string of the molecule is CCOC(=O)Oc1ccc2nc(NC3CCN(Cc4cc(OCC)c(F)c(OCC)c4)CC3)sc2c1. The fraction of sp³-hybridized carbons (Fsp3) is 0.462. The zero-order valence-corrected chi connectivity index (χ0v) is 21.7. The molecule has 0 spiro atoms. The van der Waals surface area contributed by atoms with Crippen LogP contribution in [0.4, 0.5) is 14.3 Å². The van der Waals surface area contributed by atoms with Gasteiger partial charge in [-0.3, -0.25) is 4.90 Å². The minimum absolute atomic E-state index is 0.238. The molecule has 0 bridgehead atoms. The number of fused-ring (bicyclic) bond motifs is 1. The van der Waals surface area contributed by atoms with Crippen molar-refractivity contribution >= 4 is 32.8 Å². The number of ether oxygens (including phenoxy) is 4. The van der Waals surface area contributed by atoms with Crippen LogP contribution in [-0.2, 0) is 11.3 Å². The van der Waals surface area contributed by atoms with Crippen molar-refractivity contribution in [1.82, 2.24) is 9.88 Å². The van der Waals surface area contributed by atoms with Gasteiger partial charge < -0.3 is 24.3 Å². The number of rotatable bonds is 10. The second-order valence-corrected chi connectivity index (χ2v) is 9.43. The standard InChI is InChI=1S/C26H32FN3O5S/c1-4-32-21-13-17(14-22(24(21)27)33-5-2)16-30-11-9-18(10-12-30)28-25-29-20-8-7-19(15-23(20)36-25)35-26(31)34-6-3/h7-8,13-15,18H,4-6,9-12,16H2,1-3H3,(H,28,29). The molecule has 1 N–H and O–H groups in total. The quantitative estimate of drug-likeness (QED) is 0.265. The third-order valence-corrected chi connectivity index (χ3v) is 6.76. The molecule has 0 unspecified atom stereocenters. The normalized spacial score (nSPS) is 14.6. The summed E-state index contributed by atoms with van der Waals surface area (Å²) < 4.78 is 36.5. The largest absolute Gasteiger partial charge is 0.513 e. The molecule has 10 heteroatoms. The van der Waals surface area contributed by atoms with E-state index in [1.807, 2.05) is 19.9 Å². The Labute approximate surface area is 214 Å². The minimum Gasteiger partial charge on any atom is -0.491 e. The number of carbonyl (C=O) groups excluding carboxylic acids is 1. The van der Waals surface area contributed by atoms with E-state index in [-0.39, 0.29) is 18.1 Å². The van der Waals surface area contributed by atoms with Crippen molar-refractivity contribution in [2.24, 2.45) is 0 Å². The first-order chi connectivity index (χ1) is 17.5. The number of thiazole rings is 1. The van der Waals surface area contributed by atoms with Crippen LogP contribution in [0.2, 0.25) is 0 Å². The molecule has 1 aliphatic rings. The number of piperidine rings is 1. The lowest BCUT2D eigenvalue weighted by molar-refractivity contribution is 0.104. The van der Waals surface area contributed by atoms with Gasteiger partial charge in [0.15, 0.2) is 16.6 Å². The van der Waals surface area contributed by atoms with E-state index in [0.717, 1.165) is 46.8 Å². The van der Waals surface area contributed by atoms with Gasteiger partial charge in [0, 0.05) is 31.7 Å². The van der Waals surface area contributed by atoms with Gasteiger partial charge in [0.2, 0.25) is 5.82 Å². The number of hydrogen-bond acceptors (Lipinski definition) is 9. The average Bonchev–Trinajstić information content (AvgIpc) is 3.25. The van der Waals surface area contributed by atoms with Gasteiger partial charge in [-0.1, -0.05) is 11.3 Å². The summed E-state index contributed by atoms with van der Waals surface area (Å²) in [6.45, 7) is 8.99. The Morgan fingerprint density at radius 1 is 1.08 bits per heavy atom. The van der Waals surface area contributed by atoms with Crippen LogP contribution in [0.3, 0.4) is 0 Å². The summed E-state index contributed by atoms with van der Waals surface area (Å²) in [6, 6.07) is 9.20. The molecule has 36 heavy (non-hydrogen) atoms. The maximum absolute atomic E-state index is 14.5. The number of likely N-dealkylation sites (tertiary alicyclic amines) is 1. The molecule has 1 aliphatic heterocycles. The molecule has 1 saturated heterocycles. The highest BCUT2D eigenvalue weighted by molar-refractivity contribution is 7.22. The van der Waals surface area contributed by atoms with Crippen molar-refractivity contribution < 1.29 is 28.1 Å². The molecule has 1 aromatic heterocycles. The van der Waals surface area contributed by atoms with Crippen LogP contribution in [0.25, 0.3) is 10.2 Å². The molecular weight excluding hydrogens is 485 g/mol. The van der Waals surface area contributed by atoms with Gasteiger partial charge in [0.05, 0.1) is 30.0 Å². The Kier molecular flexibility index (Phi) is 8.82. The third kappa shape index (κ3) is 6.55. The van der Waals surface area contributed by atoms with Crippen LogP contribution in [-0.4, -0.2) is 55.0 Å². The van der Waals surface area contributed by atoms with Gasteiger partial charge in [-0.2, -0.15) is 4.39 Å². The monoisotopic (exact) mass is 517 g/mol. The van der Waals surface area contributed by atoms with Crippen LogP contribution >= 0.6 is 11.3 Å². The molecule has 4 rings (SSSR count). The second-order valence-electron chi connectivity index (χ2n) is 8.40. The van der Waals surface area contributed by atoms with Crippen molar-refractivity contribution in [1.29, 1.82) is 0 Å². The highest BCUT2D eigenvalue weighted by atomic mass is 32.1. The van der Waals surface area contributed by atoms with Gasteiger partial charge in [-0.05, 0) is 63.4 Å². The highest BCUT2D eigenvalue weighted by Crippen LogP contribution is 2.32. The summed E-state index contributed by atoms with van der Waals surface area (Å²) >= 11 is 1.53. The summed E-state index contributed by atoms with van der Waals surface area (Å²) in [6.07, 6.45) is 1.21. The van der Waals surface area contributed by atoms with E-state index in [2.05, 4.69) is 15.2 Å². The Morgan fingerprint density at radius 3 is 2.42 bits per heavy atom. The van der Waals surface area contributed by atoms with E-state index < -0.39 is 12.0 Å². The van der Waals surface area contributed by atoms with E-state index in [9.17, 15) is 9.18 Å². The Morgan fingerprint density at radius 2 is 1.78 bits per heavy atom. The predicted molar refractivity (Wildman–Crippen MR) is 138 cm³/mol. The summed E-state index contributed by atoms with van der Waals surface area (Å²) in [5, 5.41) is 4.40. The molecule has 0 saturated carbocycles. The molecule has 2 aromatic carbocycles. The van der Waals surface area contributed by atoms with Crippen LogP contribution < -0.4 is 19.5 Å². The lowest BCUT2D eigenvalue weighted by atomic mass is 10.0. The van der Waals surface area contributed by atoms with E-state index in [0.29, 0.717) is 31.5 Å². The van der Waals surface area contributed by atoms with Gasteiger partial charge in [-0.15, -0.1) is 0 Å². The number of anilines is 1. The Balaban J connectivity index is 1.33. The Hall–Kier alpha value is -3.11. The fourth-order valence-corrected chi connectivity index (χ4v) is 5.15. The smallest absolute Gasteiger partial charge is 0.491 e. The number of carbonyl (C=O) groups is 1. The van der Waals surface area contributed by atoms with Crippen molar-refractivity contribution in [2.75, 3.05) is 38.2 Å². The number of nitrogens with one attached hydrogen (secondary N) is 1. The van der Waals surface area contributed by atoms with Gasteiger partial charge in [-0.25, -0.2) is 9.78 Å². The summed E-state index contributed by atoms with van der Waals surface area (Å²) in [4.78, 5) is 18.6. The highest BCUT2D eigenvalue weighted by Gasteiger charge is 2.22. The number of aromatic nitrogens is 1. The zero-order chi connectivity index (χ0) is 25.5. The van der Waals surface area contributed by atoms with Crippen LogP contribution in [0, 0.1) is 5.82 Å². The summed E-state index contributed by atoms with van der Waals surface area (Å²) in [5.41, 5.74) is 1.82. The molecule has 0 aliphatic carbocycles. The van der Waals surface area contributed by atoms with E-state index in [1.54, 1.807) is 31.2 Å². The molecule has 2 heterocycles. The topological polar surface area (TPSA) is 82.2 Å². The fourth-order valence-electron chi connectivity index (χ4n) is 4.18. The van der Waals surface area contributed by atoms with Crippen LogP contribution in [0.15, 0.2) is 30.3 Å². The Bertz CT molecular complexity index is 1150. The van der Waals surface area contributed by atoms with Crippen molar-refractivity contribution in [3.63, 3.8) is 0 Å². The number of nitrogens with zero attached hydrogens (tertiary/aromatic N) is 2. The molecule has 194 valence electrons. The first-order valence-electron chi connectivity index (χ1n) is 12.3. The third-order valence-electron chi connectivity index (χ3n) is 5.81. The van der Waals surface area contributed by atoms with Gasteiger partial charge >= 0.3 is 6.16 Å². The van der Waals surface area contributed by atoms with E-state index >= 15 is 0 Å². The summed E-state index contributed by atoms with van der Waals surface area (Å²) in [7, 11) is 0. The zero-order valence-electron chi connectivity index (χ0n) is 20.8. The lowest BCUT2D eigenvalue weighted by Crippen LogP contribution is -2.38. The number of halogens is 1. The number of hydrogen-bond donors (Lipinski definition) is 1. The molecule has 0 radical (unpaired) electrons. The molecular formula is C26H32FN3O5S. The predicted octanol–water partition coefficient (Wildman–Crippen LogP) is 5.84. The van der Waals surface area contributed by atoms with Crippen molar-refractivity contribution in [2.45, 2.75) is 46.2 Å². The molecule has 8 nitrogen and oxygen atoms in total. The molecule has 0 amide bonds. The average molecular weight is 518 g/mol. The van der Waals surface area contributed by atoms with E-state index in [4.69, 9.17) is 18.9 Å². The molecule has 1 fully saturated rings. The molecule has 3 aromatic rings. The molecule has 0 atom stereocenters. The van der Waals surface area contributed by atoms with Crippen LogP contribution in [0.5, 0.6) is 17.2 Å². The number of benzene rings is 2. The first-order valence-corrected chi connectivity index (χ1v) is 13.1. The maximum atomic E-state index is 14.5. The van der Waals surface area contributed by atoms with Gasteiger partial charge in [0.25, 0.3) is 0 Å². The van der Waals surface area contributed by atoms with Crippen molar-refractivity contribution in [3.8, 4) is 17.2 Å². The van der Waals surface area contributed by atoms with Crippen LogP contribution in [0.1, 0.15) is 39.2 Å². The van der Waals surface area contributed by atoms with Gasteiger partial charge in [0.1, 0.15) is 5.75 Å². The summed E-state index contributed by atoms with van der Waals surface area (Å²) in [5.74, 6) is 0.467. The maximum Gasteiger partial charge on any atom is 0.513 e. The van der Waals surface area contributed by atoms with Crippen molar-refractivity contribution in [3.05, 3.63) is 41.7 Å². The first kappa shape index (κ1) is 26.0. The van der Waals surface area contributed by atoms with E-state index in [1.165, 1.54) is 11.3 Å². The second kappa shape index (κ2) is 12.2.